The Morgan fingerprint density at radius 1 is 0.980 bits per heavy atom. The second-order valence-electron chi connectivity index (χ2n) is 13.4. The van der Waals surface area contributed by atoms with Gasteiger partial charge < -0.3 is 33.7 Å². The third-order valence-corrected chi connectivity index (χ3v) is 11.6. The van der Waals surface area contributed by atoms with E-state index in [2.05, 4.69) is 11.0 Å². The zero-order valence-electron chi connectivity index (χ0n) is 29.5. The van der Waals surface area contributed by atoms with Crippen LogP contribution in [0, 0.1) is 6.92 Å². The second kappa shape index (κ2) is 16.7. The van der Waals surface area contributed by atoms with Crippen molar-refractivity contribution in [1.82, 2.24) is 4.31 Å². The molecule has 3 aromatic carbocycles. The molecule has 0 aliphatic carbocycles. The monoisotopic (exact) mass is 696 g/mol. The van der Waals surface area contributed by atoms with E-state index in [1.54, 1.807) is 44.7 Å². The third-order valence-electron chi connectivity index (χ3n) is 9.66. The first-order valence-electron chi connectivity index (χ1n) is 17.1. The lowest BCUT2D eigenvalue weighted by Crippen LogP contribution is -2.54. The molecule has 2 aliphatic rings. The summed E-state index contributed by atoms with van der Waals surface area (Å²) in [5, 5.41) is 11.4. The van der Waals surface area contributed by atoms with Gasteiger partial charge in [-0.25, -0.2) is 8.42 Å². The summed E-state index contributed by atoms with van der Waals surface area (Å²) < 4.78 is 59.0. The molecule has 1 saturated heterocycles. The van der Waals surface area contributed by atoms with Crippen molar-refractivity contribution in [2.24, 2.45) is 0 Å². The number of nitrogens with zero attached hydrogens (tertiary/aromatic N) is 2. The van der Waals surface area contributed by atoms with Crippen LogP contribution in [0.15, 0.2) is 71.6 Å². The number of piperidine rings is 1. The van der Waals surface area contributed by atoms with Gasteiger partial charge in [0.15, 0.2) is 0 Å². The van der Waals surface area contributed by atoms with Crippen LogP contribution < -0.4 is 14.4 Å². The molecule has 0 saturated carbocycles. The summed E-state index contributed by atoms with van der Waals surface area (Å²) in [4.78, 5) is 2.54. The summed E-state index contributed by atoms with van der Waals surface area (Å²) in [7, 11) is 1.02. The lowest BCUT2D eigenvalue weighted by molar-refractivity contribution is -0.0437. The van der Waals surface area contributed by atoms with Crippen LogP contribution in [0.5, 0.6) is 11.5 Å². The summed E-state index contributed by atoms with van der Waals surface area (Å²) >= 11 is 0. The fourth-order valence-corrected chi connectivity index (χ4v) is 8.53. The molecule has 1 unspecified atom stereocenters. The number of rotatable bonds is 16. The molecule has 0 radical (unpaired) electrons. The third kappa shape index (κ3) is 9.33. The van der Waals surface area contributed by atoms with Crippen LogP contribution >= 0.6 is 0 Å². The number of benzene rings is 3. The predicted octanol–water partition coefficient (Wildman–Crippen LogP) is 5.55. The standard InChI is InChI=1S/C38H52N2O8S/c1-28-7-14-33(15-8-28)49(42,43)40-26-37(48-27-29-9-16-36-35(23-29)39(19-22-47-36)18-6-20-44-3)34(30-10-12-32(46-5)13-11-30)24-31(40)25-38(2,41)17-21-45-4/h7-16,23,31,34,37,41H,6,17-22,24-27H2,1-5H3/t31-,34-,37+,38?/m1/s1. The minimum atomic E-state index is -3.93. The van der Waals surface area contributed by atoms with Crippen LogP contribution in [0.3, 0.4) is 0 Å². The Kier molecular flexibility index (Phi) is 12.6. The summed E-state index contributed by atoms with van der Waals surface area (Å²) in [5.74, 6) is 1.45. The molecule has 0 bridgehead atoms. The van der Waals surface area contributed by atoms with Gasteiger partial charge in [0.1, 0.15) is 18.1 Å². The van der Waals surface area contributed by atoms with Gasteiger partial charge in [0, 0.05) is 52.5 Å². The average molecular weight is 697 g/mol. The minimum Gasteiger partial charge on any atom is -0.497 e. The first kappa shape index (κ1) is 37.1. The predicted molar refractivity (Wildman–Crippen MR) is 190 cm³/mol. The van der Waals surface area contributed by atoms with E-state index in [1.807, 2.05) is 55.5 Å². The van der Waals surface area contributed by atoms with E-state index >= 15 is 0 Å². The largest absolute Gasteiger partial charge is 0.497 e. The van der Waals surface area contributed by atoms with Crippen molar-refractivity contribution < 1.29 is 37.2 Å². The van der Waals surface area contributed by atoms with Crippen LogP contribution in [0.25, 0.3) is 0 Å². The molecule has 3 aromatic rings. The van der Waals surface area contributed by atoms with Gasteiger partial charge in [-0.15, -0.1) is 0 Å². The molecule has 2 aliphatic heterocycles. The van der Waals surface area contributed by atoms with Crippen molar-refractivity contribution in [1.29, 1.82) is 0 Å². The summed E-state index contributed by atoms with van der Waals surface area (Å²) in [6.45, 7) is 7.46. The Morgan fingerprint density at radius 2 is 1.71 bits per heavy atom. The Balaban J connectivity index is 1.47. The molecule has 0 aromatic heterocycles. The van der Waals surface area contributed by atoms with Crippen LogP contribution in [0.2, 0.25) is 0 Å². The Morgan fingerprint density at radius 3 is 2.41 bits per heavy atom. The smallest absolute Gasteiger partial charge is 0.243 e. The lowest BCUT2D eigenvalue weighted by atomic mass is 9.80. The SMILES string of the molecule is COCCCN1CCOc2ccc(CO[C@H]3CN(S(=O)(=O)c4ccc(C)cc4)[C@@H](CC(C)(O)CCOC)C[C@@H]3c3ccc(OC)cc3)cc21. The summed E-state index contributed by atoms with van der Waals surface area (Å²) in [6.07, 6.45) is 1.56. The molecular formula is C38H52N2O8S. The van der Waals surface area contributed by atoms with Gasteiger partial charge in [-0.2, -0.15) is 4.31 Å². The lowest BCUT2D eigenvalue weighted by Gasteiger charge is -2.45. The van der Waals surface area contributed by atoms with Gasteiger partial charge in [-0.05, 0) is 87.1 Å². The highest BCUT2D eigenvalue weighted by atomic mass is 32.2. The molecular weight excluding hydrogens is 644 g/mol. The molecule has 1 fully saturated rings. The van der Waals surface area contributed by atoms with E-state index in [0.717, 1.165) is 53.4 Å². The molecule has 268 valence electrons. The van der Waals surface area contributed by atoms with Crippen LogP contribution in [-0.2, 0) is 30.8 Å². The highest BCUT2D eigenvalue weighted by Crippen LogP contribution is 2.41. The number of sulfonamides is 1. The number of hydrogen-bond donors (Lipinski definition) is 1. The summed E-state index contributed by atoms with van der Waals surface area (Å²) in [5.41, 5.74) is 2.88. The van der Waals surface area contributed by atoms with E-state index in [-0.39, 0.29) is 23.8 Å². The van der Waals surface area contributed by atoms with Crippen LogP contribution in [0.4, 0.5) is 5.69 Å². The maximum Gasteiger partial charge on any atom is 0.243 e. The maximum absolute atomic E-state index is 14.4. The van der Waals surface area contributed by atoms with Gasteiger partial charge in [-0.1, -0.05) is 35.9 Å². The second-order valence-corrected chi connectivity index (χ2v) is 15.3. The number of aryl methyl sites for hydroxylation is 1. The van der Waals surface area contributed by atoms with Gasteiger partial charge >= 0.3 is 0 Å². The van der Waals surface area contributed by atoms with Gasteiger partial charge in [0.2, 0.25) is 10.0 Å². The van der Waals surface area contributed by atoms with Crippen molar-refractivity contribution in [3.8, 4) is 11.5 Å². The molecule has 1 N–H and O–H groups in total. The first-order chi connectivity index (χ1) is 23.5. The van der Waals surface area contributed by atoms with Crippen LogP contribution in [0.1, 0.15) is 55.2 Å². The average Bonchev–Trinajstić information content (AvgIpc) is 3.10. The van der Waals surface area contributed by atoms with Crippen LogP contribution in [-0.4, -0.2) is 96.4 Å². The number of methoxy groups -OCH3 is 3. The number of hydrogen-bond acceptors (Lipinski definition) is 9. The van der Waals surface area contributed by atoms with Crippen molar-refractivity contribution in [3.05, 3.63) is 83.4 Å². The Labute approximate surface area is 291 Å². The van der Waals surface area contributed by atoms with Crippen molar-refractivity contribution in [2.75, 3.05) is 65.7 Å². The topological polar surface area (TPSA) is 107 Å². The zero-order valence-corrected chi connectivity index (χ0v) is 30.3. The molecule has 49 heavy (non-hydrogen) atoms. The number of fused-ring (bicyclic) bond motifs is 1. The number of ether oxygens (including phenoxy) is 5. The molecule has 4 atom stereocenters. The van der Waals surface area contributed by atoms with E-state index in [9.17, 15) is 13.5 Å². The van der Waals surface area contributed by atoms with Gasteiger partial charge in [-0.3, -0.25) is 0 Å². The highest BCUT2D eigenvalue weighted by Gasteiger charge is 2.45. The zero-order chi connectivity index (χ0) is 35.0. The maximum atomic E-state index is 14.4. The fraction of sp³-hybridized carbons (Fsp3) is 0.526. The molecule has 11 heteroatoms. The van der Waals surface area contributed by atoms with E-state index < -0.39 is 27.8 Å². The minimum absolute atomic E-state index is 0.134. The normalized spacial score (nSPS) is 21.1. The fourth-order valence-electron chi connectivity index (χ4n) is 6.89. The molecule has 10 nitrogen and oxygen atoms in total. The Hall–Kier alpha value is -3.19. The van der Waals surface area contributed by atoms with Gasteiger partial charge in [0.25, 0.3) is 0 Å². The molecule has 5 rings (SSSR count). The highest BCUT2D eigenvalue weighted by molar-refractivity contribution is 7.89. The van der Waals surface area contributed by atoms with E-state index in [0.29, 0.717) is 39.3 Å². The van der Waals surface area contributed by atoms with E-state index in [1.165, 1.54) is 0 Å². The van der Waals surface area contributed by atoms with Crippen molar-refractivity contribution >= 4 is 15.7 Å². The number of anilines is 1. The molecule has 2 heterocycles. The summed E-state index contributed by atoms with van der Waals surface area (Å²) in [6, 6.07) is 20.5. The molecule has 0 amide bonds. The Bertz CT molecular complexity index is 1600. The quantitative estimate of drug-likeness (QED) is 0.193. The van der Waals surface area contributed by atoms with Gasteiger partial charge in [0.05, 0.1) is 42.5 Å². The van der Waals surface area contributed by atoms with Crippen molar-refractivity contribution in [3.63, 3.8) is 0 Å². The van der Waals surface area contributed by atoms with E-state index in [4.69, 9.17) is 23.7 Å². The first-order valence-corrected chi connectivity index (χ1v) is 18.5. The molecule has 0 spiro atoms. The number of aliphatic hydroxyl groups is 1. The van der Waals surface area contributed by atoms with Crippen molar-refractivity contribution in [2.45, 2.75) is 74.7 Å².